The molecule has 0 amide bonds. The highest BCUT2D eigenvalue weighted by atomic mass is 16.9. The van der Waals surface area contributed by atoms with E-state index in [1.165, 1.54) is 24.5 Å². The number of imidazole rings is 1. The van der Waals surface area contributed by atoms with Crippen molar-refractivity contribution in [2.24, 2.45) is 0 Å². The summed E-state index contributed by atoms with van der Waals surface area (Å²) in [6.45, 7) is 1.18. The fourth-order valence-corrected chi connectivity index (χ4v) is 2.28. The lowest BCUT2D eigenvalue weighted by atomic mass is 10.1. The lowest BCUT2D eigenvalue weighted by Gasteiger charge is -2.07. The number of nitrogens with zero attached hydrogens (tertiary/aromatic N) is 4. The van der Waals surface area contributed by atoms with Gasteiger partial charge in [0, 0.05) is 31.8 Å². The molecule has 2 rings (SSSR count). The van der Waals surface area contributed by atoms with Crippen LogP contribution < -0.4 is 5.69 Å². The van der Waals surface area contributed by atoms with Crippen molar-refractivity contribution in [2.45, 2.75) is 20.5 Å². The van der Waals surface area contributed by atoms with Crippen LogP contribution in [-0.2, 0) is 11.4 Å². The van der Waals surface area contributed by atoms with E-state index in [2.05, 4.69) is 9.82 Å². The predicted octanol–water partition coefficient (Wildman–Crippen LogP) is 0.304. The van der Waals surface area contributed by atoms with Crippen molar-refractivity contribution >= 4 is 17.6 Å². The molecular weight excluding hydrogens is 336 g/mol. The van der Waals surface area contributed by atoms with Crippen LogP contribution in [0, 0.1) is 10.1 Å². The maximum absolute atomic E-state index is 12.7. The third-order valence-corrected chi connectivity index (χ3v) is 3.24. The van der Waals surface area contributed by atoms with Gasteiger partial charge in [0.05, 0.1) is 5.69 Å². The first-order chi connectivity index (χ1) is 11.8. The number of carbonyl (C=O) groups is 3. The molecule has 0 atom stereocenters. The quantitative estimate of drug-likeness (QED) is 0.426. The highest BCUT2D eigenvalue weighted by Gasteiger charge is 2.30. The van der Waals surface area contributed by atoms with E-state index >= 15 is 0 Å². The number of aromatic nitrogens is 3. The van der Waals surface area contributed by atoms with Crippen LogP contribution in [0.2, 0.25) is 0 Å². The Kier molecular flexibility index (Phi) is 4.86. The Balaban J connectivity index is 2.78. The summed E-state index contributed by atoms with van der Waals surface area (Å²) in [5, 5.41) is 9.34. The molecule has 0 aliphatic rings. The third kappa shape index (κ3) is 3.34. The fraction of sp³-hybridized carbons (Fsp3) is 0.214. The van der Waals surface area contributed by atoms with Gasteiger partial charge in [0.15, 0.2) is 0 Å². The maximum atomic E-state index is 12.7. The van der Waals surface area contributed by atoms with Crippen molar-refractivity contribution in [1.82, 2.24) is 14.1 Å². The highest BCUT2D eigenvalue weighted by molar-refractivity contribution is 6.10. The molecule has 0 fully saturated rings. The Hall–Kier alpha value is -3.63. The van der Waals surface area contributed by atoms with Gasteiger partial charge in [-0.15, -0.1) is 10.1 Å². The molecule has 2 aromatic rings. The van der Waals surface area contributed by atoms with Crippen LogP contribution in [0.1, 0.15) is 45.2 Å². The molecule has 11 nitrogen and oxygen atoms in total. The molecule has 130 valence electrons. The van der Waals surface area contributed by atoms with Crippen molar-refractivity contribution < 1.29 is 24.3 Å². The fourth-order valence-electron chi connectivity index (χ4n) is 2.28. The zero-order valence-corrected chi connectivity index (χ0v) is 13.2. The molecule has 0 aliphatic heterocycles. The van der Waals surface area contributed by atoms with Gasteiger partial charge in [0.25, 0.3) is 5.09 Å². The SMILES string of the molecule is CC(=O)n1c(CO[N+](=O)[O-])c(C(=O)c2ccncc2)n(C(C)=O)c1=O. The van der Waals surface area contributed by atoms with Crippen LogP contribution in [0.4, 0.5) is 0 Å². The van der Waals surface area contributed by atoms with Crippen LogP contribution in [0.3, 0.4) is 0 Å². The molecule has 0 spiro atoms. The van der Waals surface area contributed by atoms with Gasteiger partial charge in [0.1, 0.15) is 12.3 Å². The summed E-state index contributed by atoms with van der Waals surface area (Å²) in [6, 6.07) is 2.67. The summed E-state index contributed by atoms with van der Waals surface area (Å²) in [4.78, 5) is 67.2. The number of rotatable bonds is 5. The van der Waals surface area contributed by atoms with Gasteiger partial charge < -0.3 is 4.84 Å². The van der Waals surface area contributed by atoms with E-state index in [-0.39, 0.29) is 11.3 Å². The smallest absolute Gasteiger partial charge is 0.307 e. The second kappa shape index (κ2) is 6.86. The van der Waals surface area contributed by atoms with Crippen LogP contribution in [-0.4, -0.2) is 36.8 Å². The Labute approximate surface area is 139 Å². The third-order valence-electron chi connectivity index (χ3n) is 3.24. The standard InChI is InChI=1S/C14H12N4O7/c1-8(19)16-11(7-25-18(23)24)12(17(9(2)20)14(16)22)13(21)10-3-5-15-6-4-10/h3-6H,7H2,1-2H3. The number of ketones is 1. The van der Waals surface area contributed by atoms with Crippen molar-refractivity contribution in [3.63, 3.8) is 0 Å². The first-order valence-corrected chi connectivity index (χ1v) is 6.86. The van der Waals surface area contributed by atoms with E-state index in [1.54, 1.807) is 0 Å². The molecule has 0 bridgehead atoms. The van der Waals surface area contributed by atoms with E-state index in [0.29, 0.717) is 9.13 Å². The lowest BCUT2D eigenvalue weighted by molar-refractivity contribution is -0.763. The number of hydrogen-bond donors (Lipinski definition) is 0. The second-order valence-corrected chi connectivity index (χ2v) is 4.85. The minimum Gasteiger partial charge on any atom is -0.307 e. The predicted molar refractivity (Wildman–Crippen MR) is 80.7 cm³/mol. The van der Waals surface area contributed by atoms with Gasteiger partial charge in [-0.05, 0) is 12.1 Å². The Morgan fingerprint density at radius 1 is 1.16 bits per heavy atom. The monoisotopic (exact) mass is 348 g/mol. The topological polar surface area (TPSA) is 143 Å². The van der Waals surface area contributed by atoms with E-state index in [1.807, 2.05) is 0 Å². The summed E-state index contributed by atoms with van der Waals surface area (Å²) in [5.74, 6) is -2.43. The largest absolute Gasteiger partial charge is 0.342 e. The van der Waals surface area contributed by atoms with Crippen molar-refractivity contribution in [2.75, 3.05) is 0 Å². The van der Waals surface area contributed by atoms with Gasteiger partial charge in [-0.3, -0.25) is 19.4 Å². The normalized spacial score (nSPS) is 10.3. The molecule has 25 heavy (non-hydrogen) atoms. The average Bonchev–Trinajstić information content (AvgIpc) is 2.85. The summed E-state index contributed by atoms with van der Waals surface area (Å²) in [7, 11) is 0. The summed E-state index contributed by atoms with van der Waals surface area (Å²) in [5.41, 5.74) is -1.88. The van der Waals surface area contributed by atoms with Crippen molar-refractivity contribution in [3.8, 4) is 0 Å². The molecule has 0 unspecified atom stereocenters. The lowest BCUT2D eigenvalue weighted by Crippen LogP contribution is -2.31. The van der Waals surface area contributed by atoms with Crippen molar-refractivity contribution in [1.29, 1.82) is 0 Å². The van der Waals surface area contributed by atoms with Crippen LogP contribution >= 0.6 is 0 Å². The van der Waals surface area contributed by atoms with E-state index in [4.69, 9.17) is 0 Å². The number of carbonyl (C=O) groups excluding carboxylic acids is 3. The van der Waals surface area contributed by atoms with Crippen LogP contribution in [0.25, 0.3) is 0 Å². The molecule has 0 aromatic carbocycles. The Morgan fingerprint density at radius 3 is 2.20 bits per heavy atom. The van der Waals surface area contributed by atoms with Gasteiger partial charge in [-0.1, -0.05) is 0 Å². The Bertz CT molecular complexity index is 927. The molecule has 0 saturated heterocycles. The Morgan fingerprint density at radius 2 is 1.72 bits per heavy atom. The van der Waals surface area contributed by atoms with E-state index in [0.717, 1.165) is 13.8 Å². The number of hydrogen-bond acceptors (Lipinski definition) is 8. The zero-order valence-electron chi connectivity index (χ0n) is 13.2. The minimum absolute atomic E-state index is 0.0769. The maximum Gasteiger partial charge on any atom is 0.342 e. The molecule has 0 radical (unpaired) electrons. The molecule has 2 heterocycles. The summed E-state index contributed by atoms with van der Waals surface area (Å²) >= 11 is 0. The summed E-state index contributed by atoms with van der Waals surface area (Å²) in [6.07, 6.45) is 2.64. The average molecular weight is 348 g/mol. The van der Waals surface area contributed by atoms with Gasteiger partial charge in [0.2, 0.25) is 17.6 Å². The van der Waals surface area contributed by atoms with Gasteiger partial charge >= 0.3 is 5.69 Å². The van der Waals surface area contributed by atoms with Crippen LogP contribution in [0.15, 0.2) is 29.3 Å². The highest BCUT2D eigenvalue weighted by Crippen LogP contribution is 2.16. The molecule has 2 aromatic heterocycles. The van der Waals surface area contributed by atoms with Crippen LogP contribution in [0.5, 0.6) is 0 Å². The van der Waals surface area contributed by atoms with E-state index in [9.17, 15) is 29.3 Å². The summed E-state index contributed by atoms with van der Waals surface area (Å²) < 4.78 is 0.988. The zero-order chi connectivity index (χ0) is 18.7. The number of pyridine rings is 1. The first kappa shape index (κ1) is 17.7. The molecule has 0 saturated carbocycles. The van der Waals surface area contributed by atoms with Crippen molar-refractivity contribution in [3.05, 3.63) is 62.1 Å². The van der Waals surface area contributed by atoms with Gasteiger partial charge in [-0.2, -0.15) is 0 Å². The van der Waals surface area contributed by atoms with E-state index < -0.39 is 40.7 Å². The minimum atomic E-state index is -1.14. The first-order valence-electron chi connectivity index (χ1n) is 6.86. The molecular formula is C14H12N4O7. The molecule has 0 aliphatic carbocycles. The molecule has 0 N–H and O–H groups in total. The molecule has 11 heteroatoms. The van der Waals surface area contributed by atoms with Gasteiger partial charge in [-0.25, -0.2) is 13.9 Å². The second-order valence-electron chi connectivity index (χ2n) is 4.85.